The molecule has 0 aliphatic rings. The fraction of sp³-hybridized carbons (Fsp3) is 0.417. The zero-order valence-corrected chi connectivity index (χ0v) is 11.3. The van der Waals surface area contributed by atoms with Crippen LogP contribution in [0.25, 0.3) is 0 Å². The zero-order valence-electron chi connectivity index (χ0n) is 11.3. The van der Waals surface area contributed by atoms with E-state index in [1.54, 1.807) is 0 Å². The lowest BCUT2D eigenvalue weighted by Crippen LogP contribution is -2.37. The van der Waals surface area contributed by atoms with Crippen LogP contribution in [0.1, 0.15) is 5.69 Å². The van der Waals surface area contributed by atoms with Gasteiger partial charge in [-0.3, -0.25) is 9.59 Å². The Morgan fingerprint density at radius 1 is 1.23 bits per heavy atom. The number of rotatable bonds is 6. The molecule has 0 radical (unpaired) electrons. The summed E-state index contributed by atoms with van der Waals surface area (Å²) >= 11 is 0. The van der Waals surface area contributed by atoms with Crippen molar-refractivity contribution in [1.29, 1.82) is 0 Å². The SMILES string of the molecule is O=C(NCCOCCO)C(=O)Nc1ccc(C(F)(F)F)nc1. The lowest BCUT2D eigenvalue weighted by Gasteiger charge is -2.08. The molecular formula is C12H14F3N3O4. The van der Waals surface area contributed by atoms with Crippen LogP contribution in [0, 0.1) is 0 Å². The number of ether oxygens (including phenoxy) is 1. The molecule has 0 aromatic carbocycles. The Hall–Kier alpha value is -2.20. The highest BCUT2D eigenvalue weighted by Crippen LogP contribution is 2.27. The first-order valence-electron chi connectivity index (χ1n) is 6.15. The molecule has 0 aliphatic heterocycles. The van der Waals surface area contributed by atoms with Gasteiger partial charge in [0.05, 0.1) is 31.7 Å². The van der Waals surface area contributed by atoms with Crippen molar-refractivity contribution in [3.05, 3.63) is 24.0 Å². The van der Waals surface area contributed by atoms with E-state index in [0.29, 0.717) is 6.07 Å². The van der Waals surface area contributed by atoms with Gasteiger partial charge in [0.25, 0.3) is 0 Å². The third kappa shape index (κ3) is 6.06. The normalized spacial score (nSPS) is 11.1. The molecule has 122 valence electrons. The number of halogens is 3. The van der Waals surface area contributed by atoms with Gasteiger partial charge in [-0.25, -0.2) is 4.98 Å². The van der Waals surface area contributed by atoms with Gasteiger partial charge in [0, 0.05) is 6.54 Å². The van der Waals surface area contributed by atoms with Crippen molar-refractivity contribution in [3.63, 3.8) is 0 Å². The van der Waals surface area contributed by atoms with Gasteiger partial charge in [-0.15, -0.1) is 0 Å². The van der Waals surface area contributed by atoms with E-state index in [4.69, 9.17) is 9.84 Å². The molecular weight excluding hydrogens is 307 g/mol. The Labute approximate surface area is 123 Å². The van der Waals surface area contributed by atoms with E-state index in [0.717, 1.165) is 12.3 Å². The third-order valence-corrected chi connectivity index (χ3v) is 2.29. The molecule has 0 atom stereocenters. The molecule has 1 rings (SSSR count). The van der Waals surface area contributed by atoms with Gasteiger partial charge < -0.3 is 20.5 Å². The van der Waals surface area contributed by atoms with Gasteiger partial charge in [-0.1, -0.05) is 0 Å². The van der Waals surface area contributed by atoms with E-state index >= 15 is 0 Å². The Morgan fingerprint density at radius 2 is 1.95 bits per heavy atom. The molecule has 7 nitrogen and oxygen atoms in total. The fourth-order valence-corrected chi connectivity index (χ4v) is 1.31. The summed E-state index contributed by atoms with van der Waals surface area (Å²) in [5.41, 5.74) is -1.14. The predicted octanol–water partition coefficient (Wildman–Crippen LogP) is 0.164. The number of anilines is 1. The maximum atomic E-state index is 12.3. The van der Waals surface area contributed by atoms with E-state index in [1.165, 1.54) is 0 Å². The van der Waals surface area contributed by atoms with Crippen LogP contribution in [0.2, 0.25) is 0 Å². The first kappa shape index (κ1) is 17.9. The molecule has 1 heterocycles. The van der Waals surface area contributed by atoms with Crippen molar-refractivity contribution in [1.82, 2.24) is 10.3 Å². The number of aliphatic hydroxyl groups excluding tert-OH is 1. The van der Waals surface area contributed by atoms with Crippen molar-refractivity contribution in [2.24, 2.45) is 0 Å². The van der Waals surface area contributed by atoms with Crippen molar-refractivity contribution < 1.29 is 32.6 Å². The molecule has 0 unspecified atom stereocenters. The van der Waals surface area contributed by atoms with Crippen LogP contribution in [0.15, 0.2) is 18.3 Å². The molecule has 2 amide bonds. The number of nitrogens with zero attached hydrogens (tertiary/aromatic N) is 1. The number of hydrogen-bond acceptors (Lipinski definition) is 5. The molecule has 0 saturated carbocycles. The Balaban J connectivity index is 2.42. The Morgan fingerprint density at radius 3 is 2.50 bits per heavy atom. The summed E-state index contributed by atoms with van der Waals surface area (Å²) in [5.74, 6) is -2.00. The quantitative estimate of drug-likeness (QED) is 0.512. The average molecular weight is 321 g/mol. The molecule has 3 N–H and O–H groups in total. The second-order valence-corrected chi connectivity index (χ2v) is 3.98. The second-order valence-electron chi connectivity index (χ2n) is 3.98. The highest BCUT2D eigenvalue weighted by molar-refractivity contribution is 6.39. The highest BCUT2D eigenvalue weighted by atomic mass is 19.4. The molecule has 22 heavy (non-hydrogen) atoms. The number of aliphatic hydroxyl groups is 1. The number of pyridine rings is 1. The van der Waals surface area contributed by atoms with Crippen molar-refractivity contribution in [2.75, 3.05) is 31.7 Å². The largest absolute Gasteiger partial charge is 0.433 e. The lowest BCUT2D eigenvalue weighted by molar-refractivity contribution is -0.141. The van der Waals surface area contributed by atoms with Crippen molar-refractivity contribution in [3.8, 4) is 0 Å². The van der Waals surface area contributed by atoms with Gasteiger partial charge in [0.2, 0.25) is 0 Å². The van der Waals surface area contributed by atoms with E-state index in [9.17, 15) is 22.8 Å². The van der Waals surface area contributed by atoms with E-state index < -0.39 is 23.7 Å². The zero-order chi connectivity index (χ0) is 16.6. The molecule has 0 bridgehead atoms. The van der Waals surface area contributed by atoms with E-state index in [-0.39, 0.29) is 32.1 Å². The average Bonchev–Trinajstić information content (AvgIpc) is 2.46. The predicted molar refractivity (Wildman–Crippen MR) is 68.8 cm³/mol. The topological polar surface area (TPSA) is 101 Å². The lowest BCUT2D eigenvalue weighted by atomic mass is 10.3. The minimum absolute atomic E-state index is 0.0373. The Kier molecular flexibility index (Phi) is 6.73. The van der Waals surface area contributed by atoms with Gasteiger partial charge >= 0.3 is 18.0 Å². The molecule has 1 aromatic rings. The maximum Gasteiger partial charge on any atom is 0.433 e. The molecule has 1 aromatic heterocycles. The van der Waals surface area contributed by atoms with Crippen LogP contribution >= 0.6 is 0 Å². The van der Waals surface area contributed by atoms with Crippen LogP contribution in [0.5, 0.6) is 0 Å². The second kappa shape index (κ2) is 8.29. The first-order valence-corrected chi connectivity index (χ1v) is 6.15. The number of carbonyl (C=O) groups excluding carboxylic acids is 2. The number of amides is 2. The number of hydrogen-bond donors (Lipinski definition) is 3. The summed E-state index contributed by atoms with van der Waals surface area (Å²) in [4.78, 5) is 26.0. The molecule has 0 spiro atoms. The van der Waals surface area contributed by atoms with Crippen LogP contribution in [0.4, 0.5) is 18.9 Å². The summed E-state index contributed by atoms with van der Waals surface area (Å²) in [5, 5.41) is 12.8. The van der Waals surface area contributed by atoms with Gasteiger partial charge in [-0.2, -0.15) is 13.2 Å². The first-order chi connectivity index (χ1) is 10.3. The van der Waals surface area contributed by atoms with Crippen molar-refractivity contribution in [2.45, 2.75) is 6.18 Å². The minimum atomic E-state index is -4.57. The standard InChI is InChI=1S/C12H14F3N3O4/c13-12(14,15)9-2-1-8(7-17-9)18-11(21)10(20)16-3-5-22-6-4-19/h1-2,7,19H,3-6H2,(H,16,20)(H,18,21). The van der Waals surface area contributed by atoms with Crippen LogP contribution in [0.3, 0.4) is 0 Å². The molecule has 0 fully saturated rings. The third-order valence-electron chi connectivity index (χ3n) is 2.29. The van der Waals surface area contributed by atoms with Crippen molar-refractivity contribution >= 4 is 17.5 Å². The molecule has 0 saturated heterocycles. The smallest absolute Gasteiger partial charge is 0.394 e. The molecule has 10 heteroatoms. The van der Waals surface area contributed by atoms with E-state index in [1.807, 2.05) is 0 Å². The summed E-state index contributed by atoms with van der Waals surface area (Å²) in [7, 11) is 0. The summed E-state index contributed by atoms with van der Waals surface area (Å²) in [6, 6.07) is 1.68. The van der Waals surface area contributed by atoms with Crippen LogP contribution in [-0.4, -0.2) is 48.3 Å². The number of carbonyl (C=O) groups is 2. The van der Waals surface area contributed by atoms with Gasteiger partial charge in [-0.05, 0) is 12.1 Å². The summed E-state index contributed by atoms with van der Waals surface area (Å²) in [6.45, 7) is 0.119. The van der Waals surface area contributed by atoms with Crippen LogP contribution in [-0.2, 0) is 20.5 Å². The fourth-order valence-electron chi connectivity index (χ4n) is 1.31. The maximum absolute atomic E-state index is 12.3. The summed E-state index contributed by atoms with van der Waals surface area (Å²) in [6.07, 6.45) is -3.77. The Bertz CT molecular complexity index is 505. The number of nitrogens with one attached hydrogen (secondary N) is 2. The number of alkyl halides is 3. The van der Waals surface area contributed by atoms with E-state index in [2.05, 4.69) is 15.6 Å². The minimum Gasteiger partial charge on any atom is -0.394 e. The number of aromatic nitrogens is 1. The highest BCUT2D eigenvalue weighted by Gasteiger charge is 2.32. The van der Waals surface area contributed by atoms with Gasteiger partial charge in [0.15, 0.2) is 0 Å². The molecule has 0 aliphatic carbocycles. The monoisotopic (exact) mass is 321 g/mol. The van der Waals surface area contributed by atoms with Crippen LogP contribution < -0.4 is 10.6 Å². The summed E-state index contributed by atoms with van der Waals surface area (Å²) < 4.78 is 41.8. The van der Waals surface area contributed by atoms with Gasteiger partial charge in [0.1, 0.15) is 5.69 Å².